The number of benzene rings is 1. The Balaban J connectivity index is 1.47. The molecule has 0 radical (unpaired) electrons. The highest BCUT2D eigenvalue weighted by molar-refractivity contribution is 5.76. The van der Waals surface area contributed by atoms with Crippen LogP contribution in [0.1, 0.15) is 38.2 Å². The number of fused-ring (bicyclic) bond motifs is 1. The molecule has 6 nitrogen and oxygen atoms in total. The summed E-state index contributed by atoms with van der Waals surface area (Å²) in [5, 5.41) is 10.0. The minimum absolute atomic E-state index is 0.150. The molecule has 2 atom stereocenters. The van der Waals surface area contributed by atoms with Crippen molar-refractivity contribution in [2.24, 2.45) is 0 Å². The molecular weight excluding hydrogens is 366 g/mol. The van der Waals surface area contributed by atoms with Gasteiger partial charge in [0.1, 0.15) is 18.6 Å². The summed E-state index contributed by atoms with van der Waals surface area (Å²) < 4.78 is 6.02. The highest BCUT2D eigenvalue weighted by atomic mass is 16.5. The lowest BCUT2D eigenvalue weighted by Gasteiger charge is -2.32. The van der Waals surface area contributed by atoms with E-state index < -0.39 is 6.23 Å². The Bertz CT molecular complexity index is 885. The van der Waals surface area contributed by atoms with Gasteiger partial charge in [0.15, 0.2) is 0 Å². The van der Waals surface area contributed by atoms with E-state index in [0.29, 0.717) is 13.0 Å². The average Bonchev–Trinajstić information content (AvgIpc) is 3.23. The number of aliphatic hydroxyl groups is 1. The van der Waals surface area contributed by atoms with Gasteiger partial charge in [0.25, 0.3) is 0 Å². The zero-order valence-electron chi connectivity index (χ0n) is 17.2. The van der Waals surface area contributed by atoms with Gasteiger partial charge in [0, 0.05) is 37.5 Å². The highest BCUT2D eigenvalue weighted by Gasteiger charge is 2.28. The monoisotopic (exact) mass is 395 g/mol. The number of carbonyl (C=O) groups excluding carboxylic acids is 1. The molecule has 1 saturated heterocycles. The Morgan fingerprint density at radius 1 is 1.24 bits per heavy atom. The van der Waals surface area contributed by atoms with Crippen molar-refractivity contribution in [3.05, 3.63) is 42.2 Å². The summed E-state index contributed by atoms with van der Waals surface area (Å²) in [5.74, 6) is 0.927. The van der Waals surface area contributed by atoms with E-state index in [4.69, 9.17) is 4.74 Å². The Hall–Kier alpha value is -2.60. The van der Waals surface area contributed by atoms with E-state index in [1.54, 1.807) is 6.20 Å². The normalized spacial score (nSPS) is 21.2. The number of aromatic nitrogens is 1. The van der Waals surface area contributed by atoms with Gasteiger partial charge in [-0.15, -0.1) is 0 Å². The van der Waals surface area contributed by atoms with E-state index in [1.807, 2.05) is 36.0 Å². The number of pyridine rings is 1. The number of amides is 1. The third kappa shape index (κ3) is 4.08. The number of nitrogens with zero attached hydrogens (tertiary/aromatic N) is 3. The summed E-state index contributed by atoms with van der Waals surface area (Å²) in [6, 6.07) is 8.46. The Morgan fingerprint density at radius 2 is 2.10 bits per heavy atom. The standard InChI is InChI=1S/C23H29N3O3/c1-3-22(27)26-10-4-5-19(26)15-29-20-12-18(13-24-14-20)16-6-8-21-17(11-16)7-9-23(28)25(21)2/h6,8,11-14,19,23,28H,3-5,7,9-10,15H2,1-2H3/t19-,23?/m1/s1. The second-order valence-electron chi connectivity index (χ2n) is 7.93. The van der Waals surface area contributed by atoms with Crippen molar-refractivity contribution in [1.29, 1.82) is 0 Å². The summed E-state index contributed by atoms with van der Waals surface area (Å²) in [6.07, 6.45) is 7.33. The third-order valence-electron chi connectivity index (χ3n) is 6.07. The lowest BCUT2D eigenvalue weighted by Crippen LogP contribution is -2.38. The number of aryl methyl sites for hydroxylation is 1. The zero-order chi connectivity index (χ0) is 20.4. The van der Waals surface area contributed by atoms with Crippen LogP contribution in [0.15, 0.2) is 36.7 Å². The molecule has 29 heavy (non-hydrogen) atoms. The molecule has 3 heterocycles. The van der Waals surface area contributed by atoms with Gasteiger partial charge in [-0.25, -0.2) is 0 Å². The van der Waals surface area contributed by atoms with Crippen LogP contribution in [0.4, 0.5) is 5.69 Å². The van der Waals surface area contributed by atoms with Gasteiger partial charge in [0.05, 0.1) is 12.2 Å². The summed E-state index contributed by atoms with van der Waals surface area (Å²) in [5.41, 5.74) is 4.42. The molecule has 1 fully saturated rings. The summed E-state index contributed by atoms with van der Waals surface area (Å²) in [4.78, 5) is 20.3. The SMILES string of the molecule is CCC(=O)N1CCC[C@@H]1COc1cncc(-c2ccc3c(c2)CCC(O)N3C)c1. The first-order valence-electron chi connectivity index (χ1n) is 10.5. The maximum absolute atomic E-state index is 12.1. The summed E-state index contributed by atoms with van der Waals surface area (Å²) in [7, 11) is 1.92. The quantitative estimate of drug-likeness (QED) is 0.842. The van der Waals surface area contributed by atoms with Crippen molar-refractivity contribution in [1.82, 2.24) is 9.88 Å². The molecule has 0 saturated carbocycles. The van der Waals surface area contributed by atoms with Crippen LogP contribution in [0.2, 0.25) is 0 Å². The average molecular weight is 396 g/mol. The number of ether oxygens (including phenoxy) is 1. The molecule has 6 heteroatoms. The second kappa shape index (κ2) is 8.41. The van der Waals surface area contributed by atoms with E-state index in [1.165, 1.54) is 5.56 Å². The summed E-state index contributed by atoms with van der Waals surface area (Å²) in [6.45, 7) is 3.24. The first kappa shape index (κ1) is 19.7. The number of hydrogen-bond donors (Lipinski definition) is 1. The molecule has 0 bridgehead atoms. The second-order valence-corrected chi connectivity index (χ2v) is 7.93. The molecule has 1 amide bonds. The number of carbonyl (C=O) groups is 1. The minimum Gasteiger partial charge on any atom is -0.490 e. The molecule has 1 unspecified atom stereocenters. The molecule has 154 valence electrons. The van der Waals surface area contributed by atoms with Crippen LogP contribution in [-0.2, 0) is 11.2 Å². The molecule has 1 aromatic heterocycles. The van der Waals surface area contributed by atoms with E-state index in [2.05, 4.69) is 23.2 Å². The third-order valence-corrected chi connectivity index (χ3v) is 6.07. The molecule has 0 spiro atoms. The maximum Gasteiger partial charge on any atom is 0.222 e. The fraction of sp³-hybridized carbons (Fsp3) is 0.478. The van der Waals surface area contributed by atoms with Crippen LogP contribution in [0.5, 0.6) is 5.75 Å². The predicted molar refractivity (Wildman–Crippen MR) is 113 cm³/mol. The maximum atomic E-state index is 12.1. The van der Waals surface area contributed by atoms with E-state index in [9.17, 15) is 9.90 Å². The van der Waals surface area contributed by atoms with Crippen molar-refractivity contribution in [3.8, 4) is 16.9 Å². The Morgan fingerprint density at radius 3 is 2.93 bits per heavy atom. The van der Waals surface area contributed by atoms with Crippen molar-refractivity contribution in [2.75, 3.05) is 25.1 Å². The van der Waals surface area contributed by atoms with Crippen LogP contribution in [-0.4, -0.2) is 53.4 Å². The largest absolute Gasteiger partial charge is 0.490 e. The van der Waals surface area contributed by atoms with Crippen molar-refractivity contribution in [2.45, 2.75) is 51.3 Å². The molecule has 1 N–H and O–H groups in total. The zero-order valence-corrected chi connectivity index (χ0v) is 17.2. The highest BCUT2D eigenvalue weighted by Crippen LogP contribution is 2.33. The summed E-state index contributed by atoms with van der Waals surface area (Å²) >= 11 is 0. The van der Waals surface area contributed by atoms with E-state index in [-0.39, 0.29) is 11.9 Å². The van der Waals surface area contributed by atoms with Crippen LogP contribution >= 0.6 is 0 Å². The van der Waals surface area contributed by atoms with Crippen LogP contribution in [0.3, 0.4) is 0 Å². The fourth-order valence-corrected chi connectivity index (χ4v) is 4.34. The van der Waals surface area contributed by atoms with Crippen molar-refractivity contribution in [3.63, 3.8) is 0 Å². The van der Waals surface area contributed by atoms with Crippen molar-refractivity contribution >= 4 is 11.6 Å². The Labute approximate surface area is 172 Å². The smallest absolute Gasteiger partial charge is 0.222 e. The lowest BCUT2D eigenvalue weighted by molar-refractivity contribution is -0.132. The van der Waals surface area contributed by atoms with Gasteiger partial charge in [-0.1, -0.05) is 13.0 Å². The number of rotatable bonds is 5. The van der Waals surface area contributed by atoms with E-state index >= 15 is 0 Å². The topological polar surface area (TPSA) is 65.9 Å². The van der Waals surface area contributed by atoms with Gasteiger partial charge >= 0.3 is 0 Å². The molecular formula is C23H29N3O3. The van der Waals surface area contributed by atoms with Crippen molar-refractivity contribution < 1.29 is 14.6 Å². The molecule has 2 aromatic rings. The van der Waals surface area contributed by atoms with Gasteiger partial charge in [0.2, 0.25) is 5.91 Å². The minimum atomic E-state index is -0.415. The molecule has 4 rings (SSSR count). The molecule has 2 aliphatic rings. The fourth-order valence-electron chi connectivity index (χ4n) is 4.34. The first-order valence-corrected chi connectivity index (χ1v) is 10.5. The van der Waals surface area contributed by atoms with Crippen LogP contribution in [0, 0.1) is 0 Å². The van der Waals surface area contributed by atoms with Gasteiger partial charge < -0.3 is 19.6 Å². The number of likely N-dealkylation sites (tertiary alicyclic amines) is 1. The van der Waals surface area contributed by atoms with Crippen LogP contribution < -0.4 is 9.64 Å². The predicted octanol–water partition coefficient (Wildman–Crippen LogP) is 3.23. The molecule has 2 aliphatic heterocycles. The van der Waals surface area contributed by atoms with Gasteiger partial charge in [-0.3, -0.25) is 9.78 Å². The molecule has 0 aliphatic carbocycles. The van der Waals surface area contributed by atoms with Crippen LogP contribution in [0.25, 0.3) is 11.1 Å². The number of hydrogen-bond acceptors (Lipinski definition) is 5. The Kier molecular flexibility index (Phi) is 5.72. The first-order chi connectivity index (χ1) is 14.1. The number of anilines is 1. The molecule has 1 aromatic carbocycles. The lowest BCUT2D eigenvalue weighted by atomic mass is 9.96. The van der Waals surface area contributed by atoms with Gasteiger partial charge in [-0.2, -0.15) is 0 Å². The number of aliphatic hydroxyl groups excluding tert-OH is 1. The van der Waals surface area contributed by atoms with E-state index in [0.717, 1.165) is 54.8 Å². The van der Waals surface area contributed by atoms with Gasteiger partial charge in [-0.05, 0) is 55.0 Å².